The third-order valence-corrected chi connectivity index (χ3v) is 7.28. The monoisotopic (exact) mass is 544 g/mol. The Bertz CT molecular complexity index is 1650. The summed E-state index contributed by atoms with van der Waals surface area (Å²) in [5.74, 6) is 1.02. The van der Waals surface area contributed by atoms with Crippen molar-refractivity contribution in [1.29, 1.82) is 0 Å². The number of nitrogens with one attached hydrogen (secondary N) is 2. The molecular weight excluding hydrogens is 516 g/mol. The normalized spacial score (nSPS) is 14.0. The summed E-state index contributed by atoms with van der Waals surface area (Å²) in [6, 6.07) is 20.1. The van der Waals surface area contributed by atoms with E-state index in [1.165, 1.54) is 12.1 Å². The summed E-state index contributed by atoms with van der Waals surface area (Å²) in [5.41, 5.74) is 2.57. The highest BCUT2D eigenvalue weighted by Gasteiger charge is 2.23. The van der Waals surface area contributed by atoms with Gasteiger partial charge < -0.3 is 14.8 Å². The molecule has 4 aromatic rings. The van der Waals surface area contributed by atoms with E-state index < -0.39 is 15.9 Å². The number of carbonyl (C=O) groups is 1. The van der Waals surface area contributed by atoms with Crippen molar-refractivity contribution in [1.82, 2.24) is 9.97 Å². The highest BCUT2D eigenvalue weighted by Crippen LogP contribution is 2.35. The van der Waals surface area contributed by atoms with Gasteiger partial charge in [0.25, 0.3) is 15.9 Å². The van der Waals surface area contributed by atoms with Crippen molar-refractivity contribution < 1.29 is 22.7 Å². The summed E-state index contributed by atoms with van der Waals surface area (Å²) >= 11 is 0. The molecule has 0 saturated carbocycles. The molecule has 2 N–H and O–H groups in total. The molecule has 0 spiro atoms. The van der Waals surface area contributed by atoms with Crippen LogP contribution in [0.2, 0.25) is 0 Å². The lowest BCUT2D eigenvalue weighted by Gasteiger charge is -2.17. The van der Waals surface area contributed by atoms with Crippen LogP contribution in [0.25, 0.3) is 11.3 Å². The highest BCUT2D eigenvalue weighted by atomic mass is 32.2. The van der Waals surface area contributed by atoms with Crippen molar-refractivity contribution in [2.45, 2.75) is 32.1 Å². The Kier molecular flexibility index (Phi) is 7.21. The molecular formula is C29H28N4O5S. The standard InChI is InChI=1S/C29H28N4O5S/c1-4-25-26(19-8-5-11-22(14-19)37-17-18(2)3)31-29-32-28(25)38-23-12-6-9-20(15-23)27(34)30-21-10-7-13-24(16-21)39(35,36)33-29/h5-16,18H,4,17H2,1-3H3,(H,30,34)(H,31,32,33). The van der Waals surface area contributed by atoms with Crippen LogP contribution in [0.1, 0.15) is 36.7 Å². The largest absolute Gasteiger partial charge is 0.493 e. The second kappa shape index (κ2) is 10.7. The number of sulfonamides is 1. The van der Waals surface area contributed by atoms with Gasteiger partial charge in [-0.25, -0.2) is 18.1 Å². The number of hydrogen-bond donors (Lipinski definition) is 2. The van der Waals surface area contributed by atoms with E-state index in [0.717, 1.165) is 5.56 Å². The van der Waals surface area contributed by atoms with Crippen LogP contribution >= 0.6 is 0 Å². The summed E-state index contributed by atoms with van der Waals surface area (Å²) in [6.07, 6.45) is 0.497. The third kappa shape index (κ3) is 5.85. The molecule has 3 aromatic carbocycles. The average Bonchev–Trinajstić information content (AvgIpc) is 2.91. The minimum absolute atomic E-state index is 0.0534. The fourth-order valence-corrected chi connectivity index (χ4v) is 5.07. The summed E-state index contributed by atoms with van der Waals surface area (Å²) in [4.78, 5) is 21.9. The molecule has 1 aromatic heterocycles. The van der Waals surface area contributed by atoms with Gasteiger partial charge in [-0.1, -0.05) is 45.0 Å². The summed E-state index contributed by atoms with van der Waals surface area (Å²) in [7, 11) is -4.10. The van der Waals surface area contributed by atoms with Gasteiger partial charge >= 0.3 is 0 Å². The zero-order valence-corrected chi connectivity index (χ0v) is 22.6. The van der Waals surface area contributed by atoms with E-state index in [1.54, 1.807) is 36.4 Å². The zero-order chi connectivity index (χ0) is 27.6. The Hall–Kier alpha value is -4.44. The second-order valence-electron chi connectivity index (χ2n) is 9.48. The van der Waals surface area contributed by atoms with E-state index >= 15 is 0 Å². The SMILES string of the molecule is CCc1c2nc(nc1-c1cccc(OCC(C)C)c1)NS(=O)(=O)c1cccc(c1)NC(=O)c1cccc(c1)O2. The van der Waals surface area contributed by atoms with E-state index in [2.05, 4.69) is 33.9 Å². The van der Waals surface area contributed by atoms with Gasteiger partial charge in [-0.2, -0.15) is 4.98 Å². The first-order valence-corrected chi connectivity index (χ1v) is 14.1. The molecule has 0 aliphatic carbocycles. The quantitative estimate of drug-likeness (QED) is 0.321. The zero-order valence-electron chi connectivity index (χ0n) is 21.8. The van der Waals surface area contributed by atoms with E-state index in [-0.39, 0.29) is 16.7 Å². The molecule has 0 saturated heterocycles. The Balaban J connectivity index is 1.69. The van der Waals surface area contributed by atoms with Gasteiger partial charge in [0.2, 0.25) is 11.8 Å². The first kappa shape index (κ1) is 26.2. The molecule has 10 heteroatoms. The van der Waals surface area contributed by atoms with Crippen molar-refractivity contribution in [3.05, 3.63) is 83.9 Å². The molecule has 1 aliphatic rings. The lowest BCUT2D eigenvalue weighted by molar-refractivity contribution is 0.102. The number of hydrogen-bond acceptors (Lipinski definition) is 7. The van der Waals surface area contributed by atoms with Gasteiger partial charge in [-0.3, -0.25) is 4.79 Å². The Morgan fingerprint density at radius 2 is 1.72 bits per heavy atom. The smallest absolute Gasteiger partial charge is 0.264 e. The van der Waals surface area contributed by atoms with Crippen LogP contribution in [0.15, 0.2) is 77.7 Å². The number of ether oxygens (including phenoxy) is 2. The molecule has 0 radical (unpaired) electrons. The van der Waals surface area contributed by atoms with Crippen molar-refractivity contribution in [2.24, 2.45) is 5.92 Å². The van der Waals surface area contributed by atoms with Crippen LogP contribution in [-0.4, -0.2) is 30.9 Å². The summed E-state index contributed by atoms with van der Waals surface area (Å²) in [6.45, 7) is 6.62. The number of amides is 1. The van der Waals surface area contributed by atoms with E-state index in [1.807, 2.05) is 31.2 Å². The van der Waals surface area contributed by atoms with Crippen molar-refractivity contribution >= 4 is 27.6 Å². The lowest BCUT2D eigenvalue weighted by atomic mass is 10.0. The maximum atomic E-state index is 13.3. The van der Waals surface area contributed by atoms with Gasteiger partial charge in [0.05, 0.1) is 17.2 Å². The van der Waals surface area contributed by atoms with Gasteiger partial charge in [0.15, 0.2) is 0 Å². The van der Waals surface area contributed by atoms with Crippen LogP contribution in [-0.2, 0) is 16.4 Å². The number of benzene rings is 3. The van der Waals surface area contributed by atoms with Crippen LogP contribution in [0.4, 0.5) is 11.6 Å². The number of anilines is 2. The van der Waals surface area contributed by atoms with Gasteiger partial charge in [-0.15, -0.1) is 0 Å². The van der Waals surface area contributed by atoms with Crippen molar-refractivity contribution in [3.63, 3.8) is 0 Å². The molecule has 2 heterocycles. The molecule has 6 bridgehead atoms. The minimum Gasteiger partial charge on any atom is -0.493 e. The number of rotatable bonds is 5. The molecule has 0 fully saturated rings. The van der Waals surface area contributed by atoms with Gasteiger partial charge in [0, 0.05) is 22.4 Å². The third-order valence-electron chi connectivity index (χ3n) is 5.95. The second-order valence-corrected chi connectivity index (χ2v) is 11.2. The summed E-state index contributed by atoms with van der Waals surface area (Å²) in [5, 5.41) is 2.74. The molecule has 5 rings (SSSR count). The van der Waals surface area contributed by atoms with Gasteiger partial charge in [-0.05, 0) is 60.9 Å². The maximum absolute atomic E-state index is 13.3. The molecule has 39 heavy (non-hydrogen) atoms. The molecule has 1 aliphatic heterocycles. The predicted molar refractivity (Wildman–Crippen MR) is 149 cm³/mol. The number of fused-ring (bicyclic) bond motifs is 6. The average molecular weight is 545 g/mol. The first-order chi connectivity index (χ1) is 18.7. The molecule has 9 nitrogen and oxygen atoms in total. The van der Waals surface area contributed by atoms with E-state index in [0.29, 0.717) is 53.0 Å². The number of nitrogens with zero attached hydrogens (tertiary/aromatic N) is 2. The maximum Gasteiger partial charge on any atom is 0.264 e. The predicted octanol–water partition coefficient (Wildman–Crippen LogP) is 5.90. The van der Waals surface area contributed by atoms with Crippen molar-refractivity contribution in [3.8, 4) is 28.6 Å². The van der Waals surface area contributed by atoms with E-state index in [9.17, 15) is 13.2 Å². The number of aromatic nitrogens is 2. The Labute approximate surface area is 227 Å². The Morgan fingerprint density at radius 1 is 0.949 bits per heavy atom. The molecule has 200 valence electrons. The van der Waals surface area contributed by atoms with Crippen LogP contribution in [0, 0.1) is 5.92 Å². The van der Waals surface area contributed by atoms with Crippen LogP contribution in [0.3, 0.4) is 0 Å². The highest BCUT2D eigenvalue weighted by molar-refractivity contribution is 7.92. The fraction of sp³-hybridized carbons (Fsp3) is 0.207. The molecule has 0 unspecified atom stereocenters. The molecule has 0 atom stereocenters. The topological polar surface area (TPSA) is 120 Å². The minimum atomic E-state index is -4.10. The van der Waals surface area contributed by atoms with Gasteiger partial charge in [0.1, 0.15) is 11.5 Å². The lowest BCUT2D eigenvalue weighted by Crippen LogP contribution is -2.18. The van der Waals surface area contributed by atoms with E-state index in [4.69, 9.17) is 9.47 Å². The van der Waals surface area contributed by atoms with Crippen LogP contribution in [0.5, 0.6) is 17.4 Å². The summed E-state index contributed by atoms with van der Waals surface area (Å²) < 4.78 is 41.2. The fourth-order valence-electron chi connectivity index (χ4n) is 4.08. The molecule has 1 amide bonds. The van der Waals surface area contributed by atoms with Crippen molar-refractivity contribution in [2.75, 3.05) is 16.6 Å². The number of carbonyl (C=O) groups excluding carboxylic acids is 1. The first-order valence-electron chi connectivity index (χ1n) is 12.6. The Morgan fingerprint density at radius 3 is 2.51 bits per heavy atom. The van der Waals surface area contributed by atoms with Crippen LogP contribution < -0.4 is 19.5 Å².